The van der Waals surface area contributed by atoms with Gasteiger partial charge in [-0.15, -0.1) is 0 Å². The summed E-state index contributed by atoms with van der Waals surface area (Å²) in [5.41, 5.74) is 0.960. The van der Waals surface area contributed by atoms with Crippen molar-refractivity contribution in [1.29, 1.82) is 0 Å². The third-order valence-electron chi connectivity index (χ3n) is 5.55. The Kier molecular flexibility index (Phi) is 5.89. The van der Waals surface area contributed by atoms with Crippen molar-refractivity contribution >= 4 is 21.7 Å². The van der Waals surface area contributed by atoms with Crippen LogP contribution in [-0.2, 0) is 9.84 Å². The van der Waals surface area contributed by atoms with Gasteiger partial charge in [-0.25, -0.2) is 8.42 Å². The van der Waals surface area contributed by atoms with E-state index in [1.54, 1.807) is 29.2 Å². The molecule has 0 aliphatic carbocycles. The highest BCUT2D eigenvalue weighted by Gasteiger charge is 2.34. The van der Waals surface area contributed by atoms with Crippen molar-refractivity contribution in [3.8, 4) is 0 Å². The number of benzene rings is 1. The summed E-state index contributed by atoms with van der Waals surface area (Å²) in [5.74, 6) is 0.403. The molecule has 2 saturated heterocycles. The lowest BCUT2D eigenvalue weighted by Gasteiger charge is -2.31. The molecule has 2 atom stereocenters. The van der Waals surface area contributed by atoms with E-state index in [1.807, 2.05) is 11.8 Å². The predicted molar refractivity (Wildman–Crippen MR) is 105 cm³/mol. The SMILES string of the molecule is CCN(C(=O)c1cccc(C(=O)N2CCCC(C)C2)c1)C1CCS(=O)(=O)C1. The summed E-state index contributed by atoms with van der Waals surface area (Å²) in [5, 5.41) is 0. The van der Waals surface area contributed by atoms with E-state index in [0.29, 0.717) is 30.0 Å². The summed E-state index contributed by atoms with van der Waals surface area (Å²) in [7, 11) is -3.06. The lowest BCUT2D eigenvalue weighted by Crippen LogP contribution is -2.41. The van der Waals surface area contributed by atoms with Crippen LogP contribution in [0.5, 0.6) is 0 Å². The Morgan fingerprint density at radius 3 is 2.59 bits per heavy atom. The highest BCUT2D eigenvalue weighted by Crippen LogP contribution is 2.22. The van der Waals surface area contributed by atoms with Gasteiger partial charge in [0.05, 0.1) is 11.5 Å². The maximum Gasteiger partial charge on any atom is 0.254 e. The molecule has 27 heavy (non-hydrogen) atoms. The molecule has 2 fully saturated rings. The molecule has 7 heteroatoms. The van der Waals surface area contributed by atoms with Gasteiger partial charge in [-0.2, -0.15) is 0 Å². The fourth-order valence-corrected chi connectivity index (χ4v) is 5.83. The topological polar surface area (TPSA) is 74.8 Å². The van der Waals surface area contributed by atoms with Crippen LogP contribution in [0, 0.1) is 5.92 Å². The van der Waals surface area contributed by atoms with Gasteiger partial charge in [0.15, 0.2) is 9.84 Å². The molecular formula is C20H28N2O4S. The molecule has 0 spiro atoms. The summed E-state index contributed by atoms with van der Waals surface area (Å²) in [6, 6.07) is 6.54. The molecule has 0 bridgehead atoms. The minimum Gasteiger partial charge on any atom is -0.338 e. The molecule has 3 rings (SSSR count). The molecule has 6 nitrogen and oxygen atoms in total. The van der Waals surface area contributed by atoms with Crippen molar-refractivity contribution in [1.82, 2.24) is 9.80 Å². The molecule has 0 N–H and O–H groups in total. The van der Waals surface area contributed by atoms with Crippen molar-refractivity contribution in [3.63, 3.8) is 0 Å². The number of amides is 2. The van der Waals surface area contributed by atoms with Crippen LogP contribution in [0.25, 0.3) is 0 Å². The second-order valence-corrected chi connectivity index (χ2v) is 9.96. The molecule has 2 aliphatic rings. The molecule has 2 heterocycles. The van der Waals surface area contributed by atoms with E-state index in [4.69, 9.17) is 0 Å². The van der Waals surface area contributed by atoms with Crippen LogP contribution < -0.4 is 0 Å². The molecule has 1 aromatic carbocycles. The predicted octanol–water partition coefficient (Wildman–Crippen LogP) is 2.21. The third-order valence-corrected chi connectivity index (χ3v) is 7.30. The Bertz CT molecular complexity index is 821. The van der Waals surface area contributed by atoms with Crippen molar-refractivity contribution in [2.75, 3.05) is 31.1 Å². The molecule has 2 aliphatic heterocycles. The number of likely N-dealkylation sites (tertiary alicyclic amines) is 1. The molecule has 1 aromatic rings. The normalized spacial score (nSPS) is 24.6. The monoisotopic (exact) mass is 392 g/mol. The first kappa shape index (κ1) is 19.9. The minimum atomic E-state index is -3.06. The Hall–Kier alpha value is -1.89. The smallest absolute Gasteiger partial charge is 0.254 e. The lowest BCUT2D eigenvalue weighted by molar-refractivity contribution is 0.0683. The Morgan fingerprint density at radius 1 is 1.22 bits per heavy atom. The molecule has 0 radical (unpaired) electrons. The van der Waals surface area contributed by atoms with Gasteiger partial charge in [-0.3, -0.25) is 9.59 Å². The fraction of sp³-hybridized carbons (Fsp3) is 0.600. The van der Waals surface area contributed by atoms with E-state index in [9.17, 15) is 18.0 Å². The summed E-state index contributed by atoms with van der Waals surface area (Å²) in [6.07, 6.45) is 2.62. The van der Waals surface area contributed by atoms with E-state index in [0.717, 1.165) is 25.9 Å². The number of nitrogens with zero attached hydrogens (tertiary/aromatic N) is 2. The third kappa shape index (κ3) is 4.51. The van der Waals surface area contributed by atoms with Crippen LogP contribution in [0.2, 0.25) is 0 Å². The molecule has 2 unspecified atom stereocenters. The highest BCUT2D eigenvalue weighted by atomic mass is 32.2. The summed E-state index contributed by atoms with van der Waals surface area (Å²) in [6.45, 7) is 5.95. The quantitative estimate of drug-likeness (QED) is 0.787. The van der Waals surface area contributed by atoms with E-state index in [-0.39, 0.29) is 29.4 Å². The van der Waals surface area contributed by atoms with Gasteiger partial charge in [0, 0.05) is 36.8 Å². The van der Waals surface area contributed by atoms with Crippen molar-refractivity contribution < 1.29 is 18.0 Å². The maximum atomic E-state index is 13.0. The number of piperidine rings is 1. The van der Waals surface area contributed by atoms with Crippen molar-refractivity contribution in [2.24, 2.45) is 5.92 Å². The largest absolute Gasteiger partial charge is 0.338 e. The Labute approximate surface area is 161 Å². The zero-order chi connectivity index (χ0) is 19.6. The van der Waals surface area contributed by atoms with Crippen LogP contribution in [-0.4, -0.2) is 67.2 Å². The first-order valence-electron chi connectivity index (χ1n) is 9.71. The van der Waals surface area contributed by atoms with E-state index in [1.165, 1.54) is 0 Å². The number of hydrogen-bond acceptors (Lipinski definition) is 4. The average molecular weight is 393 g/mol. The van der Waals surface area contributed by atoms with Crippen LogP contribution >= 0.6 is 0 Å². The zero-order valence-corrected chi connectivity index (χ0v) is 16.9. The van der Waals surface area contributed by atoms with Gasteiger partial charge >= 0.3 is 0 Å². The van der Waals surface area contributed by atoms with Crippen molar-refractivity contribution in [3.05, 3.63) is 35.4 Å². The number of rotatable bonds is 4. The van der Waals surface area contributed by atoms with Gasteiger partial charge in [0.2, 0.25) is 0 Å². The maximum absolute atomic E-state index is 13.0. The molecular weight excluding hydrogens is 364 g/mol. The van der Waals surface area contributed by atoms with E-state index < -0.39 is 9.84 Å². The fourth-order valence-electron chi connectivity index (χ4n) is 4.10. The van der Waals surface area contributed by atoms with Gasteiger partial charge < -0.3 is 9.80 Å². The van der Waals surface area contributed by atoms with Crippen LogP contribution in [0.1, 0.15) is 53.8 Å². The zero-order valence-electron chi connectivity index (χ0n) is 16.1. The number of hydrogen-bond donors (Lipinski definition) is 0. The number of carbonyl (C=O) groups is 2. The number of sulfone groups is 1. The Balaban J connectivity index is 1.77. The number of carbonyl (C=O) groups excluding carboxylic acids is 2. The first-order chi connectivity index (χ1) is 12.8. The van der Waals surface area contributed by atoms with Crippen LogP contribution in [0.3, 0.4) is 0 Å². The molecule has 0 aromatic heterocycles. The average Bonchev–Trinajstić information content (AvgIpc) is 3.01. The summed E-state index contributed by atoms with van der Waals surface area (Å²) >= 11 is 0. The van der Waals surface area contributed by atoms with E-state index >= 15 is 0 Å². The summed E-state index contributed by atoms with van der Waals surface area (Å²) in [4.78, 5) is 29.3. The van der Waals surface area contributed by atoms with Gasteiger partial charge in [0.25, 0.3) is 11.8 Å². The molecule has 148 valence electrons. The highest BCUT2D eigenvalue weighted by molar-refractivity contribution is 7.91. The van der Waals surface area contributed by atoms with Gasteiger partial charge in [-0.05, 0) is 50.3 Å². The standard InChI is InChI=1S/C20H28N2O4S/c1-3-22(18-9-11-27(25,26)14-18)20(24)17-8-4-7-16(12-17)19(23)21-10-5-6-15(2)13-21/h4,7-8,12,15,18H,3,5-6,9-11,13-14H2,1-2H3. The van der Waals surface area contributed by atoms with Crippen molar-refractivity contribution in [2.45, 2.75) is 39.2 Å². The second kappa shape index (κ2) is 8.00. The van der Waals surface area contributed by atoms with Gasteiger partial charge in [0.1, 0.15) is 0 Å². The van der Waals surface area contributed by atoms with Gasteiger partial charge in [-0.1, -0.05) is 13.0 Å². The lowest BCUT2D eigenvalue weighted by atomic mass is 9.99. The second-order valence-electron chi connectivity index (χ2n) is 7.73. The van der Waals surface area contributed by atoms with Crippen LogP contribution in [0.4, 0.5) is 0 Å². The van der Waals surface area contributed by atoms with E-state index in [2.05, 4.69) is 6.92 Å². The first-order valence-corrected chi connectivity index (χ1v) is 11.5. The molecule has 2 amide bonds. The minimum absolute atomic E-state index is 0.0247. The van der Waals surface area contributed by atoms with Crippen LogP contribution in [0.15, 0.2) is 24.3 Å². The summed E-state index contributed by atoms with van der Waals surface area (Å²) < 4.78 is 23.6. The molecule has 0 saturated carbocycles. The Morgan fingerprint density at radius 2 is 1.96 bits per heavy atom.